The number of methoxy groups -OCH3 is 2. The highest BCUT2D eigenvalue weighted by Gasteiger charge is 2.20. The molecule has 1 fully saturated rings. The predicted molar refractivity (Wildman–Crippen MR) is 129 cm³/mol. The molecule has 166 valence electrons. The highest BCUT2D eigenvalue weighted by atomic mass is 127. The predicted octanol–water partition coefficient (Wildman–Crippen LogP) is 1.66. The Hall–Kier alpha value is -2.08. The van der Waals surface area contributed by atoms with E-state index >= 15 is 0 Å². The summed E-state index contributed by atoms with van der Waals surface area (Å²) in [5, 5.41) is 11.7. The normalized spacial score (nSPS) is 14.5. The number of aliphatic imine (C=N–C) groups is 1. The van der Waals surface area contributed by atoms with Gasteiger partial charge in [-0.3, -0.25) is 0 Å². The molecule has 0 unspecified atom stereocenters. The van der Waals surface area contributed by atoms with Crippen molar-refractivity contribution in [3.05, 3.63) is 35.9 Å². The molecule has 0 atom stereocenters. The minimum atomic E-state index is 0. The summed E-state index contributed by atoms with van der Waals surface area (Å²) in [5.41, 5.74) is 1.18. The Morgan fingerprint density at radius 3 is 2.57 bits per heavy atom. The summed E-state index contributed by atoms with van der Waals surface area (Å²) in [5.74, 6) is 3.50. The number of hydrogen-bond acceptors (Lipinski definition) is 6. The van der Waals surface area contributed by atoms with Crippen LogP contribution in [0.5, 0.6) is 5.75 Å². The lowest BCUT2D eigenvalue weighted by Gasteiger charge is -2.37. The lowest BCUT2D eigenvalue weighted by atomic mass is 10.2. The number of rotatable bonds is 7. The summed E-state index contributed by atoms with van der Waals surface area (Å²) in [7, 11) is 5.36. The van der Waals surface area contributed by atoms with E-state index in [0.717, 1.165) is 49.5 Å². The molecule has 3 rings (SSSR count). The minimum absolute atomic E-state index is 0. The molecule has 1 N–H and O–H groups in total. The second-order valence-electron chi connectivity index (χ2n) is 6.96. The van der Waals surface area contributed by atoms with E-state index < -0.39 is 0 Å². The van der Waals surface area contributed by atoms with Crippen LogP contribution in [0, 0.1) is 6.92 Å². The van der Waals surface area contributed by atoms with E-state index in [1.54, 1.807) is 14.2 Å². The Morgan fingerprint density at radius 1 is 1.17 bits per heavy atom. The van der Waals surface area contributed by atoms with Crippen LogP contribution in [0.2, 0.25) is 0 Å². The molecule has 1 aliphatic heterocycles. The molecule has 0 saturated carbocycles. The van der Waals surface area contributed by atoms with Gasteiger partial charge in [-0.1, -0.05) is 6.07 Å². The van der Waals surface area contributed by atoms with Crippen molar-refractivity contribution < 1.29 is 9.47 Å². The van der Waals surface area contributed by atoms with Gasteiger partial charge in [0.05, 0.1) is 13.7 Å². The number of guanidine groups is 1. The van der Waals surface area contributed by atoms with Gasteiger partial charge in [-0.05, 0) is 19.1 Å². The summed E-state index contributed by atoms with van der Waals surface area (Å²) in [6.07, 6.45) is 0. The van der Waals surface area contributed by atoms with Gasteiger partial charge in [-0.15, -0.1) is 34.2 Å². The van der Waals surface area contributed by atoms with Crippen LogP contribution in [0.25, 0.3) is 0 Å². The molecule has 0 spiro atoms. The maximum absolute atomic E-state index is 5.35. The van der Waals surface area contributed by atoms with Gasteiger partial charge in [0.15, 0.2) is 11.8 Å². The Bertz CT molecular complexity index is 819. The largest absolute Gasteiger partial charge is 0.497 e. The molecule has 1 aromatic heterocycles. The molecule has 2 aromatic rings. The molecule has 0 amide bonds. The molecule has 2 heterocycles. The Kier molecular flexibility index (Phi) is 9.63. The fraction of sp³-hybridized carbons (Fsp3) is 0.550. The van der Waals surface area contributed by atoms with Gasteiger partial charge < -0.3 is 29.2 Å². The SMILES string of the molecule is COCCNC(=NCc1nnc(C)n1C)N1CCN(c2cccc(OC)c2)CC1.I. The van der Waals surface area contributed by atoms with E-state index in [2.05, 4.69) is 37.4 Å². The summed E-state index contributed by atoms with van der Waals surface area (Å²) < 4.78 is 12.5. The fourth-order valence-corrected chi connectivity index (χ4v) is 3.25. The Morgan fingerprint density at radius 2 is 1.93 bits per heavy atom. The lowest BCUT2D eigenvalue weighted by molar-refractivity contribution is 0.202. The van der Waals surface area contributed by atoms with E-state index in [0.29, 0.717) is 19.7 Å². The number of halogens is 1. The van der Waals surface area contributed by atoms with Crippen LogP contribution in [0.15, 0.2) is 29.3 Å². The molecule has 0 radical (unpaired) electrons. The van der Waals surface area contributed by atoms with Gasteiger partial charge in [-0.25, -0.2) is 4.99 Å². The van der Waals surface area contributed by atoms with E-state index in [1.807, 2.05) is 30.7 Å². The quantitative estimate of drug-likeness (QED) is 0.253. The van der Waals surface area contributed by atoms with Gasteiger partial charge >= 0.3 is 0 Å². The lowest BCUT2D eigenvalue weighted by Crippen LogP contribution is -2.53. The van der Waals surface area contributed by atoms with Crippen LogP contribution in [0.4, 0.5) is 5.69 Å². The van der Waals surface area contributed by atoms with Crippen molar-refractivity contribution in [3.8, 4) is 5.75 Å². The van der Waals surface area contributed by atoms with Gasteiger partial charge in [0.2, 0.25) is 0 Å². The third kappa shape index (κ3) is 6.21. The molecule has 0 bridgehead atoms. The first-order chi connectivity index (χ1) is 14.1. The van der Waals surface area contributed by atoms with Gasteiger partial charge in [0.1, 0.15) is 18.1 Å². The van der Waals surface area contributed by atoms with Gasteiger partial charge in [-0.2, -0.15) is 0 Å². The number of aryl methyl sites for hydroxylation is 1. The van der Waals surface area contributed by atoms with Crippen LogP contribution >= 0.6 is 24.0 Å². The first-order valence-electron chi connectivity index (χ1n) is 9.88. The van der Waals surface area contributed by atoms with E-state index in [-0.39, 0.29) is 24.0 Å². The van der Waals surface area contributed by atoms with Crippen molar-refractivity contribution in [2.75, 3.05) is 58.5 Å². The summed E-state index contributed by atoms with van der Waals surface area (Å²) in [4.78, 5) is 9.46. The second-order valence-corrected chi connectivity index (χ2v) is 6.96. The van der Waals surface area contributed by atoms with E-state index in [9.17, 15) is 0 Å². The molecular weight excluding hydrogens is 497 g/mol. The number of nitrogens with zero attached hydrogens (tertiary/aromatic N) is 6. The second kappa shape index (κ2) is 11.9. The molecule has 9 nitrogen and oxygen atoms in total. The number of piperazine rings is 1. The van der Waals surface area contributed by atoms with Crippen molar-refractivity contribution in [2.45, 2.75) is 13.5 Å². The first-order valence-corrected chi connectivity index (χ1v) is 9.88. The molecule has 10 heteroatoms. The number of ether oxygens (including phenoxy) is 2. The highest BCUT2D eigenvalue weighted by molar-refractivity contribution is 14.0. The maximum atomic E-state index is 5.35. The number of benzene rings is 1. The number of nitrogens with one attached hydrogen (secondary N) is 1. The Balaban J connectivity index is 0.00000320. The van der Waals surface area contributed by atoms with E-state index in [1.165, 1.54) is 5.69 Å². The first kappa shape index (κ1) is 24.2. The number of anilines is 1. The third-order valence-electron chi connectivity index (χ3n) is 5.14. The average molecular weight is 529 g/mol. The van der Waals surface area contributed by atoms with Crippen LogP contribution < -0.4 is 15.0 Å². The number of hydrogen-bond donors (Lipinski definition) is 1. The highest BCUT2D eigenvalue weighted by Crippen LogP contribution is 2.22. The van der Waals surface area contributed by atoms with Crippen LogP contribution in [0.3, 0.4) is 0 Å². The molecule has 1 aromatic carbocycles. The monoisotopic (exact) mass is 529 g/mol. The molecular formula is C20H32IN7O2. The smallest absolute Gasteiger partial charge is 0.194 e. The van der Waals surface area contributed by atoms with E-state index in [4.69, 9.17) is 14.5 Å². The molecule has 30 heavy (non-hydrogen) atoms. The zero-order valence-electron chi connectivity index (χ0n) is 18.2. The van der Waals surface area contributed by atoms with Crippen LogP contribution in [-0.2, 0) is 18.3 Å². The molecule has 0 aliphatic carbocycles. The zero-order chi connectivity index (χ0) is 20.6. The van der Waals surface area contributed by atoms with Crippen molar-refractivity contribution in [1.82, 2.24) is 25.0 Å². The molecule has 1 saturated heterocycles. The van der Waals surface area contributed by atoms with Gasteiger partial charge in [0, 0.05) is 58.6 Å². The minimum Gasteiger partial charge on any atom is -0.497 e. The fourth-order valence-electron chi connectivity index (χ4n) is 3.25. The summed E-state index contributed by atoms with van der Waals surface area (Å²) in [6, 6.07) is 8.21. The Labute approximate surface area is 195 Å². The topological polar surface area (TPSA) is 80.0 Å². The van der Waals surface area contributed by atoms with Crippen LogP contribution in [0.1, 0.15) is 11.6 Å². The third-order valence-corrected chi connectivity index (χ3v) is 5.14. The molecule has 1 aliphatic rings. The summed E-state index contributed by atoms with van der Waals surface area (Å²) >= 11 is 0. The average Bonchev–Trinajstić information content (AvgIpc) is 3.08. The van der Waals surface area contributed by atoms with Gasteiger partial charge in [0.25, 0.3) is 0 Å². The van der Waals surface area contributed by atoms with Crippen molar-refractivity contribution in [2.24, 2.45) is 12.0 Å². The zero-order valence-corrected chi connectivity index (χ0v) is 20.5. The maximum Gasteiger partial charge on any atom is 0.194 e. The van der Waals surface area contributed by atoms with Crippen molar-refractivity contribution in [3.63, 3.8) is 0 Å². The number of aromatic nitrogens is 3. The van der Waals surface area contributed by atoms with Crippen molar-refractivity contribution >= 4 is 35.6 Å². The van der Waals surface area contributed by atoms with Crippen LogP contribution in [-0.4, -0.2) is 79.2 Å². The summed E-state index contributed by atoms with van der Waals surface area (Å²) in [6.45, 7) is 7.37. The van der Waals surface area contributed by atoms with Crippen molar-refractivity contribution in [1.29, 1.82) is 0 Å². The standard InChI is InChI=1S/C20H31N7O2.HI/c1-16-23-24-19(25(16)2)15-22-20(21-8-13-28-3)27-11-9-26(10-12-27)17-6-5-7-18(14-17)29-4;/h5-7,14H,8-13,15H2,1-4H3,(H,21,22);1H.